The second-order valence-corrected chi connectivity index (χ2v) is 10.5. The SMILES string of the molecule is CC(=O)N1c2ccc(-c3ccc(CN4CCCCC4)cc3)cc2[C@H](Nc2ccncc2)C[C@@H]1C.O=C(O)C(F)(F)F. The molecule has 0 saturated carbocycles. The van der Waals surface area contributed by atoms with Gasteiger partial charge >= 0.3 is 12.1 Å². The lowest BCUT2D eigenvalue weighted by Crippen LogP contribution is -2.43. The molecule has 2 atom stereocenters. The number of aliphatic carboxylic acids is 1. The number of rotatable bonds is 5. The molecule has 2 aliphatic heterocycles. The highest BCUT2D eigenvalue weighted by Gasteiger charge is 2.38. The van der Waals surface area contributed by atoms with Crippen molar-refractivity contribution < 1.29 is 27.9 Å². The molecule has 1 aromatic heterocycles. The number of pyridine rings is 1. The molecule has 0 spiro atoms. The van der Waals surface area contributed by atoms with Gasteiger partial charge in [-0.05, 0) is 85.8 Å². The first-order valence-electron chi connectivity index (χ1n) is 13.7. The number of piperidine rings is 1. The largest absolute Gasteiger partial charge is 0.490 e. The monoisotopic (exact) mass is 568 g/mol. The van der Waals surface area contributed by atoms with E-state index in [1.807, 2.05) is 17.0 Å². The van der Waals surface area contributed by atoms with Crippen LogP contribution < -0.4 is 10.2 Å². The van der Waals surface area contributed by atoms with Gasteiger partial charge in [0.05, 0.1) is 6.04 Å². The van der Waals surface area contributed by atoms with Gasteiger partial charge in [0, 0.05) is 43.3 Å². The minimum atomic E-state index is -5.08. The number of benzene rings is 2. The molecule has 41 heavy (non-hydrogen) atoms. The van der Waals surface area contributed by atoms with E-state index in [0.29, 0.717) is 0 Å². The van der Waals surface area contributed by atoms with Gasteiger partial charge < -0.3 is 15.3 Å². The third-order valence-electron chi connectivity index (χ3n) is 7.43. The van der Waals surface area contributed by atoms with Crippen LogP contribution in [0.3, 0.4) is 0 Å². The third-order valence-corrected chi connectivity index (χ3v) is 7.43. The van der Waals surface area contributed by atoms with Gasteiger partial charge in [0.15, 0.2) is 0 Å². The first-order valence-corrected chi connectivity index (χ1v) is 13.7. The van der Waals surface area contributed by atoms with Gasteiger partial charge in [0.1, 0.15) is 0 Å². The summed E-state index contributed by atoms with van der Waals surface area (Å²) < 4.78 is 31.7. The summed E-state index contributed by atoms with van der Waals surface area (Å²) in [5.74, 6) is -2.67. The number of fused-ring (bicyclic) bond motifs is 1. The van der Waals surface area contributed by atoms with E-state index in [9.17, 15) is 18.0 Å². The van der Waals surface area contributed by atoms with E-state index < -0.39 is 12.1 Å². The molecule has 3 heterocycles. The number of carbonyl (C=O) groups is 2. The lowest BCUT2D eigenvalue weighted by Gasteiger charge is -2.39. The number of halogens is 3. The van der Waals surface area contributed by atoms with Gasteiger partial charge in [0.25, 0.3) is 0 Å². The Morgan fingerprint density at radius 1 is 0.976 bits per heavy atom. The van der Waals surface area contributed by atoms with Crippen LogP contribution in [0.15, 0.2) is 67.0 Å². The number of nitrogens with one attached hydrogen (secondary N) is 1. The number of carboxylic acid groups (broad SMARTS) is 1. The third kappa shape index (κ3) is 7.85. The molecular formula is C31H35F3N4O3. The second kappa shape index (κ2) is 13.2. The fourth-order valence-electron chi connectivity index (χ4n) is 5.49. The number of aromatic nitrogens is 1. The zero-order chi connectivity index (χ0) is 29.6. The first-order chi connectivity index (χ1) is 19.5. The van der Waals surface area contributed by atoms with Gasteiger partial charge in [-0.25, -0.2) is 4.79 Å². The summed E-state index contributed by atoms with van der Waals surface area (Å²) in [4.78, 5) is 30.0. The van der Waals surface area contributed by atoms with Crippen LogP contribution in [-0.2, 0) is 16.1 Å². The summed E-state index contributed by atoms with van der Waals surface area (Å²) in [6.45, 7) is 7.24. The molecule has 2 aromatic carbocycles. The van der Waals surface area contributed by atoms with E-state index in [-0.39, 0.29) is 18.0 Å². The molecular weight excluding hydrogens is 533 g/mol. The Balaban J connectivity index is 0.000000493. The number of likely N-dealkylation sites (tertiary alicyclic amines) is 1. The van der Waals surface area contributed by atoms with Crippen molar-refractivity contribution in [3.63, 3.8) is 0 Å². The van der Waals surface area contributed by atoms with Gasteiger partial charge in [-0.15, -0.1) is 0 Å². The van der Waals surface area contributed by atoms with Crippen LogP contribution in [-0.4, -0.2) is 52.2 Å². The van der Waals surface area contributed by atoms with Crippen LogP contribution in [0.1, 0.15) is 56.7 Å². The number of alkyl halides is 3. The smallest absolute Gasteiger partial charge is 0.475 e. The van der Waals surface area contributed by atoms with Crippen molar-refractivity contribution in [3.8, 4) is 11.1 Å². The molecule has 2 N–H and O–H groups in total. The molecule has 0 aliphatic carbocycles. The topological polar surface area (TPSA) is 85.8 Å². The number of hydrogen-bond acceptors (Lipinski definition) is 5. The van der Waals surface area contributed by atoms with E-state index in [0.717, 1.165) is 24.3 Å². The fourth-order valence-corrected chi connectivity index (χ4v) is 5.49. The normalized spacial score (nSPS) is 19.0. The van der Waals surface area contributed by atoms with E-state index >= 15 is 0 Å². The summed E-state index contributed by atoms with van der Waals surface area (Å²) in [6, 6.07) is 19.8. The summed E-state index contributed by atoms with van der Waals surface area (Å²) in [6.07, 6.45) is 3.38. The summed E-state index contributed by atoms with van der Waals surface area (Å²) in [5.41, 5.74) is 6.98. The maximum absolute atomic E-state index is 12.5. The average molecular weight is 569 g/mol. The highest BCUT2D eigenvalue weighted by Crippen LogP contribution is 2.41. The Hall–Kier alpha value is -3.92. The van der Waals surface area contributed by atoms with Gasteiger partial charge in [-0.1, -0.05) is 36.8 Å². The lowest BCUT2D eigenvalue weighted by atomic mass is 9.88. The summed E-state index contributed by atoms with van der Waals surface area (Å²) in [7, 11) is 0. The lowest BCUT2D eigenvalue weighted by molar-refractivity contribution is -0.192. The summed E-state index contributed by atoms with van der Waals surface area (Å²) in [5, 5.41) is 10.8. The van der Waals surface area contributed by atoms with Crippen LogP contribution >= 0.6 is 0 Å². The molecule has 10 heteroatoms. The van der Waals surface area contributed by atoms with Crippen molar-refractivity contribution in [1.82, 2.24) is 9.88 Å². The number of amides is 1. The molecule has 218 valence electrons. The average Bonchev–Trinajstić information content (AvgIpc) is 2.94. The van der Waals surface area contributed by atoms with Gasteiger partial charge in [0.2, 0.25) is 5.91 Å². The van der Waals surface area contributed by atoms with Crippen LogP contribution in [0.4, 0.5) is 24.5 Å². The molecule has 1 amide bonds. The quantitative estimate of drug-likeness (QED) is 0.358. The van der Waals surface area contributed by atoms with Crippen molar-refractivity contribution in [2.24, 2.45) is 0 Å². The minimum Gasteiger partial charge on any atom is -0.475 e. The van der Waals surface area contributed by atoms with E-state index in [4.69, 9.17) is 9.90 Å². The van der Waals surface area contributed by atoms with Crippen molar-refractivity contribution in [2.75, 3.05) is 23.3 Å². The molecule has 5 rings (SSSR count). The minimum absolute atomic E-state index is 0.0888. The van der Waals surface area contributed by atoms with Crippen molar-refractivity contribution in [1.29, 1.82) is 0 Å². The van der Waals surface area contributed by atoms with Crippen LogP contribution in [0.2, 0.25) is 0 Å². The maximum Gasteiger partial charge on any atom is 0.490 e. The van der Waals surface area contributed by atoms with Crippen LogP contribution in [0.5, 0.6) is 0 Å². The maximum atomic E-state index is 12.5. The molecule has 1 fully saturated rings. The second-order valence-electron chi connectivity index (χ2n) is 10.5. The van der Waals surface area contributed by atoms with Crippen molar-refractivity contribution in [3.05, 3.63) is 78.1 Å². The number of carboxylic acids is 1. The zero-order valence-corrected chi connectivity index (χ0v) is 23.2. The molecule has 0 unspecified atom stereocenters. The van der Waals surface area contributed by atoms with Crippen LogP contribution in [0.25, 0.3) is 11.1 Å². The first kappa shape index (κ1) is 30.0. The Bertz CT molecular complexity index is 1330. The van der Waals surface area contributed by atoms with Crippen molar-refractivity contribution in [2.45, 2.75) is 64.3 Å². The van der Waals surface area contributed by atoms with Gasteiger partial charge in [-0.3, -0.25) is 14.7 Å². The Labute approximate surface area is 238 Å². The van der Waals surface area contributed by atoms with E-state index in [1.165, 1.54) is 54.6 Å². The molecule has 0 radical (unpaired) electrons. The number of anilines is 2. The molecule has 7 nitrogen and oxygen atoms in total. The molecule has 1 saturated heterocycles. The highest BCUT2D eigenvalue weighted by molar-refractivity contribution is 5.94. The standard InChI is InChI=1S/C29H34N4O.C2HF3O2/c1-21-18-28(31-26-12-14-30-15-13-26)27-19-25(10-11-29(27)33(21)22(2)34)24-8-6-23(7-9-24)20-32-16-4-3-5-17-32;3-2(4,5)1(6)7/h6-15,19,21,28H,3-5,16-18,20H2,1-2H3,(H,30,31);(H,6,7)/t21-,28+;/m0./s1. The number of carbonyl (C=O) groups excluding carboxylic acids is 1. The van der Waals surface area contributed by atoms with Gasteiger partial charge in [-0.2, -0.15) is 13.2 Å². The van der Waals surface area contributed by atoms with Crippen LogP contribution in [0, 0.1) is 0 Å². The predicted octanol–water partition coefficient (Wildman–Crippen LogP) is 6.67. The molecule has 2 aliphatic rings. The number of nitrogens with zero attached hydrogens (tertiary/aromatic N) is 3. The fraction of sp³-hybridized carbons (Fsp3) is 0.387. The zero-order valence-electron chi connectivity index (χ0n) is 23.2. The predicted molar refractivity (Wildman–Crippen MR) is 153 cm³/mol. The highest BCUT2D eigenvalue weighted by atomic mass is 19.4. The Morgan fingerprint density at radius 2 is 1.59 bits per heavy atom. The molecule has 3 aromatic rings. The number of hydrogen-bond donors (Lipinski definition) is 2. The van der Waals surface area contributed by atoms with E-state index in [1.54, 1.807) is 19.3 Å². The van der Waals surface area contributed by atoms with Crippen molar-refractivity contribution >= 4 is 23.3 Å². The Kier molecular flexibility index (Phi) is 9.65. The van der Waals surface area contributed by atoms with E-state index in [2.05, 4.69) is 64.6 Å². The summed E-state index contributed by atoms with van der Waals surface area (Å²) >= 11 is 0. The Morgan fingerprint density at radius 3 is 2.17 bits per heavy atom. The molecule has 0 bridgehead atoms.